The molecule has 1 fully saturated rings. The maximum atomic E-state index is 12.4. The quantitative estimate of drug-likeness (QED) is 0.328. The van der Waals surface area contributed by atoms with E-state index >= 15 is 0 Å². The fourth-order valence-corrected chi connectivity index (χ4v) is 4.22. The first-order valence-corrected chi connectivity index (χ1v) is 12.9. The number of nitrogens with two attached hydrogens (primary N) is 2. The SMILES string of the molecule is CCCCNc1nc(N)nc(C=NCc2ccc(C3CCN(C(=O)OC(C)(C)C)CC3)cc2OC)c1N. The highest BCUT2D eigenvalue weighted by atomic mass is 16.6. The number of benzene rings is 1. The maximum Gasteiger partial charge on any atom is 0.410 e. The number of nitrogens with zero attached hydrogens (tertiary/aromatic N) is 4. The number of nitrogens with one attached hydrogen (secondary N) is 1. The molecule has 0 radical (unpaired) electrons. The zero-order valence-electron chi connectivity index (χ0n) is 22.7. The number of nitrogen functional groups attached to an aromatic ring is 2. The van der Waals surface area contributed by atoms with Gasteiger partial charge in [-0.2, -0.15) is 4.98 Å². The van der Waals surface area contributed by atoms with Gasteiger partial charge in [0.15, 0.2) is 5.82 Å². The van der Waals surface area contributed by atoms with E-state index in [2.05, 4.69) is 39.3 Å². The van der Waals surface area contributed by atoms with Crippen molar-refractivity contribution in [3.05, 3.63) is 35.0 Å². The molecule has 0 saturated carbocycles. The molecule has 1 aromatic carbocycles. The first-order chi connectivity index (χ1) is 17.6. The summed E-state index contributed by atoms with van der Waals surface area (Å²) in [7, 11) is 1.66. The van der Waals surface area contributed by atoms with Gasteiger partial charge in [0.2, 0.25) is 5.95 Å². The van der Waals surface area contributed by atoms with Crippen LogP contribution in [0.2, 0.25) is 0 Å². The van der Waals surface area contributed by atoms with E-state index in [1.54, 1.807) is 18.2 Å². The van der Waals surface area contributed by atoms with Gasteiger partial charge in [-0.25, -0.2) is 9.78 Å². The first-order valence-electron chi connectivity index (χ1n) is 12.9. The Balaban J connectivity index is 1.64. The number of hydrogen-bond donors (Lipinski definition) is 3. The van der Waals surface area contributed by atoms with Crippen LogP contribution in [0, 0.1) is 0 Å². The minimum atomic E-state index is -0.487. The number of aromatic nitrogens is 2. The Kier molecular flexibility index (Phi) is 9.54. The molecule has 2 heterocycles. The van der Waals surface area contributed by atoms with Gasteiger partial charge < -0.3 is 31.2 Å². The van der Waals surface area contributed by atoms with Crippen molar-refractivity contribution in [1.82, 2.24) is 14.9 Å². The Morgan fingerprint density at radius 3 is 2.62 bits per heavy atom. The van der Waals surface area contributed by atoms with Gasteiger partial charge in [-0.1, -0.05) is 25.5 Å². The van der Waals surface area contributed by atoms with Crippen molar-refractivity contribution in [3.8, 4) is 5.75 Å². The molecule has 0 spiro atoms. The molecule has 10 nitrogen and oxygen atoms in total. The van der Waals surface area contributed by atoms with Crippen molar-refractivity contribution < 1.29 is 14.3 Å². The lowest BCUT2D eigenvalue weighted by Gasteiger charge is -2.33. The average molecular weight is 512 g/mol. The molecule has 3 rings (SSSR count). The molecule has 0 atom stereocenters. The van der Waals surface area contributed by atoms with Crippen LogP contribution in [0.25, 0.3) is 0 Å². The zero-order valence-corrected chi connectivity index (χ0v) is 22.7. The fourth-order valence-electron chi connectivity index (χ4n) is 4.22. The molecule has 10 heteroatoms. The monoisotopic (exact) mass is 511 g/mol. The average Bonchev–Trinajstić information content (AvgIpc) is 2.86. The van der Waals surface area contributed by atoms with Gasteiger partial charge in [-0.15, -0.1) is 0 Å². The number of unbranched alkanes of at least 4 members (excludes halogenated alkanes) is 1. The highest BCUT2D eigenvalue weighted by Crippen LogP contribution is 2.32. The summed E-state index contributed by atoms with van der Waals surface area (Å²) in [6.45, 7) is 10.3. The lowest BCUT2D eigenvalue weighted by Crippen LogP contribution is -2.41. The van der Waals surface area contributed by atoms with E-state index in [4.69, 9.17) is 20.9 Å². The highest BCUT2D eigenvalue weighted by molar-refractivity contribution is 5.88. The number of anilines is 3. The number of hydrogen-bond acceptors (Lipinski definition) is 9. The minimum absolute atomic E-state index is 0.147. The van der Waals surface area contributed by atoms with Gasteiger partial charge in [0.05, 0.1) is 13.7 Å². The molecular formula is C27H41N7O3. The summed E-state index contributed by atoms with van der Waals surface area (Å²) in [5.74, 6) is 1.81. The number of ether oxygens (including phenoxy) is 2. The van der Waals surface area contributed by atoms with E-state index < -0.39 is 5.60 Å². The highest BCUT2D eigenvalue weighted by Gasteiger charge is 2.27. The molecular weight excluding hydrogens is 470 g/mol. The number of aliphatic imine (C=N–C) groups is 1. The Morgan fingerprint density at radius 1 is 1.24 bits per heavy atom. The second-order valence-corrected chi connectivity index (χ2v) is 10.3. The first kappa shape index (κ1) is 28.0. The van der Waals surface area contributed by atoms with Gasteiger partial charge in [-0.05, 0) is 57.6 Å². The predicted octanol–water partition coefficient (Wildman–Crippen LogP) is 4.60. The van der Waals surface area contributed by atoms with E-state index in [9.17, 15) is 4.79 Å². The van der Waals surface area contributed by atoms with Crippen molar-refractivity contribution >= 4 is 29.8 Å². The summed E-state index contributed by atoms with van der Waals surface area (Å²) in [6.07, 6.45) is 5.20. The number of methoxy groups -OCH3 is 1. The molecule has 0 bridgehead atoms. The van der Waals surface area contributed by atoms with E-state index in [1.165, 1.54) is 5.56 Å². The summed E-state index contributed by atoms with van der Waals surface area (Å²) >= 11 is 0. The van der Waals surface area contributed by atoms with E-state index in [0.29, 0.717) is 42.8 Å². The summed E-state index contributed by atoms with van der Waals surface area (Å²) in [4.78, 5) is 27.1. The predicted molar refractivity (Wildman–Crippen MR) is 148 cm³/mol. The topological polar surface area (TPSA) is 141 Å². The Morgan fingerprint density at radius 2 is 1.97 bits per heavy atom. The number of likely N-dealkylation sites (tertiary alicyclic amines) is 1. The summed E-state index contributed by atoms with van der Waals surface area (Å²) < 4.78 is 11.2. The molecule has 202 valence electrons. The van der Waals surface area contributed by atoms with Crippen LogP contribution in [-0.2, 0) is 11.3 Å². The van der Waals surface area contributed by atoms with E-state index in [0.717, 1.165) is 43.5 Å². The largest absolute Gasteiger partial charge is 0.496 e. The van der Waals surface area contributed by atoms with Crippen LogP contribution < -0.4 is 21.5 Å². The normalized spacial score (nSPS) is 14.7. The lowest BCUT2D eigenvalue weighted by atomic mass is 9.89. The van der Waals surface area contributed by atoms with E-state index in [-0.39, 0.29) is 12.0 Å². The lowest BCUT2D eigenvalue weighted by molar-refractivity contribution is 0.0205. The van der Waals surface area contributed by atoms with Gasteiger partial charge in [0.1, 0.15) is 22.7 Å². The van der Waals surface area contributed by atoms with Crippen molar-refractivity contribution in [1.29, 1.82) is 0 Å². The van der Waals surface area contributed by atoms with Crippen molar-refractivity contribution in [2.75, 3.05) is 43.5 Å². The van der Waals surface area contributed by atoms with Crippen LogP contribution >= 0.6 is 0 Å². The number of piperidine rings is 1. The van der Waals surface area contributed by atoms with Crippen LogP contribution in [0.4, 0.5) is 22.2 Å². The molecule has 5 N–H and O–H groups in total. The van der Waals surface area contributed by atoms with Crippen molar-refractivity contribution in [2.24, 2.45) is 4.99 Å². The third-order valence-corrected chi connectivity index (χ3v) is 6.22. The van der Waals surface area contributed by atoms with Gasteiger partial charge in [0.25, 0.3) is 0 Å². The number of carbonyl (C=O) groups is 1. The molecule has 1 aromatic heterocycles. The number of rotatable bonds is 9. The molecule has 1 aliphatic rings. The summed E-state index contributed by atoms with van der Waals surface area (Å²) in [5.41, 5.74) is 14.7. The molecule has 1 aliphatic heterocycles. The molecule has 37 heavy (non-hydrogen) atoms. The van der Waals surface area contributed by atoms with Crippen LogP contribution in [0.1, 0.15) is 76.1 Å². The molecule has 1 amide bonds. The standard InChI is InChI=1S/C27H41N7O3/c1-6-7-12-31-24-23(28)21(32-25(29)33-24)17-30-16-20-9-8-19(15-22(20)36-5)18-10-13-34(14-11-18)26(35)37-27(2,3)4/h8-9,15,17-18H,6-7,10-14,16,28H2,1-5H3,(H3,29,31,32,33). The zero-order chi connectivity index (χ0) is 27.0. The van der Waals surface area contributed by atoms with Crippen molar-refractivity contribution in [3.63, 3.8) is 0 Å². The smallest absolute Gasteiger partial charge is 0.410 e. The minimum Gasteiger partial charge on any atom is -0.496 e. The van der Waals surface area contributed by atoms with Crippen LogP contribution in [-0.4, -0.2) is 59.5 Å². The summed E-state index contributed by atoms with van der Waals surface area (Å²) in [6, 6.07) is 6.24. The Hall–Kier alpha value is -3.56. The Bertz CT molecular complexity index is 1090. The van der Waals surface area contributed by atoms with Gasteiger partial charge in [0, 0.05) is 31.4 Å². The second-order valence-electron chi connectivity index (χ2n) is 10.3. The molecule has 2 aromatic rings. The molecule has 1 saturated heterocycles. The maximum absolute atomic E-state index is 12.4. The fraction of sp³-hybridized carbons (Fsp3) is 0.556. The Labute approximate surface area is 219 Å². The van der Waals surface area contributed by atoms with Crippen LogP contribution in [0.3, 0.4) is 0 Å². The molecule has 0 aliphatic carbocycles. The third kappa shape index (κ3) is 7.96. The number of amides is 1. The van der Waals surface area contributed by atoms with Gasteiger partial charge in [-0.3, -0.25) is 4.99 Å². The second kappa shape index (κ2) is 12.6. The van der Waals surface area contributed by atoms with Gasteiger partial charge >= 0.3 is 6.09 Å². The third-order valence-electron chi connectivity index (χ3n) is 6.22. The molecule has 0 unspecified atom stereocenters. The summed E-state index contributed by atoms with van der Waals surface area (Å²) in [5, 5.41) is 3.21. The van der Waals surface area contributed by atoms with Crippen molar-refractivity contribution in [2.45, 2.75) is 71.4 Å². The number of carbonyl (C=O) groups excluding carboxylic acids is 1. The van der Waals surface area contributed by atoms with Crippen LogP contribution in [0.5, 0.6) is 5.75 Å². The van der Waals surface area contributed by atoms with E-state index in [1.807, 2.05) is 26.8 Å². The van der Waals surface area contributed by atoms with Crippen LogP contribution in [0.15, 0.2) is 23.2 Å².